The monoisotopic (exact) mass is 257 g/mol. The SMILES string of the molecule is CNCc1cc(-c2ccc3c(c2)COC3)ccc1F. The molecular formula is C16H16FNO. The summed E-state index contributed by atoms with van der Waals surface area (Å²) in [5.41, 5.74) is 5.33. The molecule has 0 bridgehead atoms. The molecule has 1 N–H and O–H groups in total. The highest BCUT2D eigenvalue weighted by atomic mass is 19.1. The lowest BCUT2D eigenvalue weighted by Gasteiger charge is -2.08. The topological polar surface area (TPSA) is 21.3 Å². The summed E-state index contributed by atoms with van der Waals surface area (Å²) in [6.07, 6.45) is 0. The van der Waals surface area contributed by atoms with Gasteiger partial charge in [-0.3, -0.25) is 0 Å². The number of halogens is 1. The Morgan fingerprint density at radius 1 is 1.05 bits per heavy atom. The smallest absolute Gasteiger partial charge is 0.127 e. The highest BCUT2D eigenvalue weighted by Gasteiger charge is 2.12. The molecule has 0 unspecified atom stereocenters. The molecule has 0 saturated carbocycles. The fourth-order valence-corrected chi connectivity index (χ4v) is 2.43. The van der Waals surface area contributed by atoms with Crippen LogP contribution in [0.2, 0.25) is 0 Å². The van der Waals surface area contributed by atoms with E-state index in [-0.39, 0.29) is 5.82 Å². The Morgan fingerprint density at radius 2 is 1.79 bits per heavy atom. The maximum Gasteiger partial charge on any atom is 0.127 e. The molecule has 19 heavy (non-hydrogen) atoms. The van der Waals surface area contributed by atoms with E-state index in [1.54, 1.807) is 0 Å². The van der Waals surface area contributed by atoms with E-state index in [2.05, 4.69) is 23.5 Å². The molecule has 0 atom stereocenters. The van der Waals surface area contributed by atoms with Crippen molar-refractivity contribution in [2.75, 3.05) is 7.05 Å². The summed E-state index contributed by atoms with van der Waals surface area (Å²) in [4.78, 5) is 0. The standard InChI is InChI=1S/C16H16FNO/c1-18-8-14-6-12(4-5-16(14)17)11-2-3-13-9-19-10-15(13)7-11/h2-7,18H,8-10H2,1H3. The molecule has 1 heterocycles. The van der Waals surface area contributed by atoms with Crippen LogP contribution in [0.15, 0.2) is 36.4 Å². The van der Waals surface area contributed by atoms with Crippen LogP contribution in [-0.4, -0.2) is 7.05 Å². The van der Waals surface area contributed by atoms with Crippen LogP contribution >= 0.6 is 0 Å². The largest absolute Gasteiger partial charge is 0.372 e. The Labute approximate surface area is 112 Å². The second-order valence-electron chi connectivity index (χ2n) is 4.81. The summed E-state index contributed by atoms with van der Waals surface area (Å²) in [6, 6.07) is 11.6. The summed E-state index contributed by atoms with van der Waals surface area (Å²) in [6.45, 7) is 1.91. The second-order valence-corrected chi connectivity index (χ2v) is 4.81. The molecule has 3 heteroatoms. The molecule has 1 aliphatic heterocycles. The lowest BCUT2D eigenvalue weighted by molar-refractivity contribution is 0.134. The maximum atomic E-state index is 13.6. The zero-order chi connectivity index (χ0) is 13.2. The van der Waals surface area contributed by atoms with Gasteiger partial charge in [0.15, 0.2) is 0 Å². The van der Waals surface area contributed by atoms with Gasteiger partial charge in [-0.25, -0.2) is 4.39 Å². The van der Waals surface area contributed by atoms with Crippen LogP contribution in [0.5, 0.6) is 0 Å². The van der Waals surface area contributed by atoms with Gasteiger partial charge in [-0.2, -0.15) is 0 Å². The number of nitrogens with one attached hydrogen (secondary N) is 1. The van der Waals surface area contributed by atoms with Crippen molar-refractivity contribution in [2.45, 2.75) is 19.8 Å². The van der Waals surface area contributed by atoms with E-state index in [1.165, 1.54) is 17.2 Å². The van der Waals surface area contributed by atoms with Crippen LogP contribution in [0.1, 0.15) is 16.7 Å². The third-order valence-corrected chi connectivity index (χ3v) is 3.47. The van der Waals surface area contributed by atoms with Crippen LogP contribution in [0.25, 0.3) is 11.1 Å². The lowest BCUT2D eigenvalue weighted by Crippen LogP contribution is -2.07. The van der Waals surface area contributed by atoms with Crippen molar-refractivity contribution in [2.24, 2.45) is 0 Å². The van der Waals surface area contributed by atoms with E-state index in [9.17, 15) is 4.39 Å². The van der Waals surface area contributed by atoms with Crippen molar-refractivity contribution in [1.82, 2.24) is 5.32 Å². The van der Waals surface area contributed by atoms with Gasteiger partial charge in [0, 0.05) is 12.1 Å². The molecule has 0 fully saturated rings. The number of hydrogen-bond acceptors (Lipinski definition) is 2. The van der Waals surface area contributed by atoms with Gasteiger partial charge in [0.25, 0.3) is 0 Å². The lowest BCUT2D eigenvalue weighted by atomic mass is 9.99. The van der Waals surface area contributed by atoms with Crippen molar-refractivity contribution in [3.63, 3.8) is 0 Å². The first-order valence-corrected chi connectivity index (χ1v) is 6.41. The van der Waals surface area contributed by atoms with Crippen LogP contribution in [0.3, 0.4) is 0 Å². The summed E-state index contributed by atoms with van der Waals surface area (Å²) in [5, 5.41) is 2.99. The van der Waals surface area contributed by atoms with Gasteiger partial charge in [0.05, 0.1) is 13.2 Å². The molecule has 2 aromatic rings. The average molecular weight is 257 g/mol. The first-order chi connectivity index (χ1) is 9.28. The number of fused-ring (bicyclic) bond motifs is 1. The first-order valence-electron chi connectivity index (χ1n) is 6.41. The summed E-state index contributed by atoms with van der Waals surface area (Å²) in [5.74, 6) is -0.164. The Bertz CT molecular complexity index is 610. The van der Waals surface area contributed by atoms with E-state index in [1.807, 2.05) is 19.2 Å². The first kappa shape index (κ1) is 12.3. The van der Waals surface area contributed by atoms with Gasteiger partial charge >= 0.3 is 0 Å². The van der Waals surface area contributed by atoms with Gasteiger partial charge < -0.3 is 10.1 Å². The summed E-state index contributed by atoms with van der Waals surface area (Å²) in [7, 11) is 1.82. The van der Waals surface area contributed by atoms with Crippen molar-refractivity contribution >= 4 is 0 Å². The van der Waals surface area contributed by atoms with Gasteiger partial charge in [-0.1, -0.05) is 18.2 Å². The van der Waals surface area contributed by atoms with Gasteiger partial charge in [-0.05, 0) is 47.5 Å². The minimum atomic E-state index is -0.164. The van der Waals surface area contributed by atoms with E-state index in [0.717, 1.165) is 11.1 Å². The number of ether oxygens (including phenoxy) is 1. The van der Waals surface area contributed by atoms with E-state index in [4.69, 9.17) is 4.74 Å². The fourth-order valence-electron chi connectivity index (χ4n) is 2.43. The van der Waals surface area contributed by atoms with E-state index >= 15 is 0 Å². The zero-order valence-electron chi connectivity index (χ0n) is 10.9. The highest BCUT2D eigenvalue weighted by molar-refractivity contribution is 5.66. The van der Waals surface area contributed by atoms with E-state index < -0.39 is 0 Å². The molecule has 0 aromatic heterocycles. The molecule has 0 saturated heterocycles. The second kappa shape index (κ2) is 5.11. The van der Waals surface area contributed by atoms with Crippen molar-refractivity contribution < 1.29 is 9.13 Å². The molecule has 3 rings (SSSR count). The molecule has 0 amide bonds. The van der Waals surface area contributed by atoms with Gasteiger partial charge in [0.1, 0.15) is 5.82 Å². The molecule has 98 valence electrons. The molecule has 0 radical (unpaired) electrons. The summed E-state index contributed by atoms with van der Waals surface area (Å²) >= 11 is 0. The van der Waals surface area contributed by atoms with Crippen LogP contribution in [0.4, 0.5) is 4.39 Å². The van der Waals surface area contributed by atoms with Crippen LogP contribution < -0.4 is 5.32 Å². The predicted molar refractivity (Wildman–Crippen MR) is 73.1 cm³/mol. The number of rotatable bonds is 3. The fraction of sp³-hybridized carbons (Fsp3) is 0.250. The molecule has 0 spiro atoms. The molecule has 2 nitrogen and oxygen atoms in total. The summed E-state index contributed by atoms with van der Waals surface area (Å²) < 4.78 is 19.0. The van der Waals surface area contributed by atoms with Gasteiger partial charge in [-0.15, -0.1) is 0 Å². The third kappa shape index (κ3) is 2.39. The molecule has 0 aliphatic carbocycles. The Hall–Kier alpha value is -1.71. The Morgan fingerprint density at radius 3 is 2.63 bits per heavy atom. The zero-order valence-corrected chi connectivity index (χ0v) is 10.9. The van der Waals surface area contributed by atoms with Crippen molar-refractivity contribution in [3.05, 3.63) is 58.9 Å². The highest BCUT2D eigenvalue weighted by Crippen LogP contribution is 2.28. The minimum absolute atomic E-state index is 0.164. The van der Waals surface area contributed by atoms with Crippen molar-refractivity contribution in [3.8, 4) is 11.1 Å². The minimum Gasteiger partial charge on any atom is -0.372 e. The van der Waals surface area contributed by atoms with Crippen molar-refractivity contribution in [1.29, 1.82) is 0 Å². The maximum absolute atomic E-state index is 13.6. The molecule has 1 aliphatic rings. The van der Waals surface area contributed by atoms with Crippen LogP contribution in [-0.2, 0) is 24.5 Å². The third-order valence-electron chi connectivity index (χ3n) is 3.47. The number of hydrogen-bond donors (Lipinski definition) is 1. The molecular weight excluding hydrogens is 241 g/mol. The van der Waals surface area contributed by atoms with Gasteiger partial charge in [0.2, 0.25) is 0 Å². The Kier molecular flexibility index (Phi) is 3.32. The normalized spacial score (nSPS) is 13.6. The average Bonchev–Trinajstić information content (AvgIpc) is 2.89. The molecule has 2 aromatic carbocycles. The van der Waals surface area contributed by atoms with E-state index in [0.29, 0.717) is 25.3 Å². The Balaban J connectivity index is 1.99. The van der Waals surface area contributed by atoms with Crippen LogP contribution in [0, 0.1) is 5.82 Å². The quantitative estimate of drug-likeness (QED) is 0.911. The number of benzene rings is 2. The predicted octanol–water partition coefficient (Wildman–Crippen LogP) is 3.24.